The van der Waals surface area contributed by atoms with E-state index in [0.29, 0.717) is 18.9 Å². The first-order valence-electron chi connectivity index (χ1n) is 8.52. The van der Waals surface area contributed by atoms with Gasteiger partial charge in [-0.05, 0) is 32.0 Å². The lowest BCUT2D eigenvalue weighted by Gasteiger charge is -2.49. The number of rotatable bonds is 2. The van der Waals surface area contributed by atoms with E-state index in [4.69, 9.17) is 0 Å². The molecule has 1 spiro atoms. The Hall–Kier alpha value is -1.84. The first-order chi connectivity index (χ1) is 12.3. The molecule has 1 fully saturated rings. The van der Waals surface area contributed by atoms with Gasteiger partial charge in [0.15, 0.2) is 0 Å². The molecule has 4 rings (SSSR count). The third-order valence-electron chi connectivity index (χ3n) is 5.56. The van der Waals surface area contributed by atoms with E-state index in [1.807, 2.05) is 13.2 Å². The summed E-state index contributed by atoms with van der Waals surface area (Å²) >= 11 is 0. The van der Waals surface area contributed by atoms with Crippen molar-refractivity contribution in [2.75, 3.05) is 26.7 Å². The van der Waals surface area contributed by atoms with E-state index in [1.165, 1.54) is 4.31 Å². The summed E-state index contributed by atoms with van der Waals surface area (Å²) in [6.45, 7) is 2.28. The van der Waals surface area contributed by atoms with Crippen molar-refractivity contribution in [3.63, 3.8) is 0 Å². The van der Waals surface area contributed by atoms with Crippen LogP contribution in [0.2, 0.25) is 0 Å². The van der Waals surface area contributed by atoms with E-state index in [2.05, 4.69) is 14.5 Å². The predicted octanol–water partition coefficient (Wildman–Crippen LogP) is 1.79. The molecule has 0 radical (unpaired) electrons. The highest BCUT2D eigenvalue weighted by molar-refractivity contribution is 7.89. The van der Waals surface area contributed by atoms with Crippen molar-refractivity contribution in [1.82, 2.24) is 18.8 Å². The Bertz CT molecular complexity index is 916. The van der Waals surface area contributed by atoms with Gasteiger partial charge in [0.1, 0.15) is 17.5 Å². The minimum absolute atomic E-state index is 0.275. The Morgan fingerprint density at radius 1 is 1.04 bits per heavy atom. The SMILES string of the molecule is CN1CCn2ccnc2C12CCN(S(=O)(=O)c1cc(F)cc(F)c1)CC2. The zero-order valence-electron chi connectivity index (χ0n) is 14.4. The van der Waals surface area contributed by atoms with Crippen LogP contribution in [-0.2, 0) is 22.1 Å². The van der Waals surface area contributed by atoms with Crippen molar-refractivity contribution >= 4 is 10.0 Å². The van der Waals surface area contributed by atoms with Crippen LogP contribution in [0.4, 0.5) is 8.78 Å². The van der Waals surface area contributed by atoms with Gasteiger partial charge in [-0.1, -0.05) is 0 Å². The average Bonchev–Trinajstić information content (AvgIpc) is 3.08. The maximum Gasteiger partial charge on any atom is 0.243 e. The molecule has 1 saturated heterocycles. The highest BCUT2D eigenvalue weighted by atomic mass is 32.2. The van der Waals surface area contributed by atoms with E-state index >= 15 is 0 Å². The van der Waals surface area contributed by atoms with Gasteiger partial charge in [0.05, 0.1) is 10.4 Å². The largest absolute Gasteiger partial charge is 0.332 e. The van der Waals surface area contributed by atoms with Crippen LogP contribution in [0, 0.1) is 11.6 Å². The lowest BCUT2D eigenvalue weighted by atomic mass is 9.84. The Morgan fingerprint density at radius 3 is 2.35 bits per heavy atom. The fraction of sp³-hybridized carbons (Fsp3) is 0.471. The molecular weight excluding hydrogens is 362 g/mol. The lowest BCUT2D eigenvalue weighted by molar-refractivity contribution is 0.0271. The van der Waals surface area contributed by atoms with Crippen LogP contribution >= 0.6 is 0 Å². The molecule has 0 amide bonds. The summed E-state index contributed by atoms with van der Waals surface area (Å²) in [6, 6.07) is 2.39. The van der Waals surface area contributed by atoms with Gasteiger partial charge in [-0.3, -0.25) is 4.90 Å². The summed E-state index contributed by atoms with van der Waals surface area (Å²) in [5, 5.41) is 0. The molecular formula is C17H20F2N4O2S. The molecule has 3 heterocycles. The van der Waals surface area contributed by atoms with Crippen molar-refractivity contribution in [1.29, 1.82) is 0 Å². The zero-order valence-corrected chi connectivity index (χ0v) is 15.2. The number of nitrogens with zero attached hydrogens (tertiary/aromatic N) is 4. The molecule has 0 N–H and O–H groups in total. The number of aromatic nitrogens is 2. The monoisotopic (exact) mass is 382 g/mol. The Morgan fingerprint density at radius 2 is 1.69 bits per heavy atom. The molecule has 2 aliphatic heterocycles. The number of halogens is 2. The molecule has 140 valence electrons. The number of hydrogen-bond acceptors (Lipinski definition) is 4. The van der Waals surface area contributed by atoms with Gasteiger partial charge in [0.2, 0.25) is 10.0 Å². The molecule has 0 aliphatic carbocycles. The third kappa shape index (κ3) is 2.65. The lowest BCUT2D eigenvalue weighted by Crippen LogP contribution is -2.56. The second kappa shape index (κ2) is 6.11. The summed E-state index contributed by atoms with van der Waals surface area (Å²) in [5.41, 5.74) is -0.305. The van der Waals surface area contributed by atoms with Crippen LogP contribution in [0.3, 0.4) is 0 Å². The normalized spacial score (nSPS) is 21.0. The van der Waals surface area contributed by atoms with Gasteiger partial charge in [0.25, 0.3) is 0 Å². The molecule has 26 heavy (non-hydrogen) atoms. The van der Waals surface area contributed by atoms with Crippen molar-refractivity contribution in [2.24, 2.45) is 0 Å². The Kier molecular flexibility index (Phi) is 4.13. The number of benzene rings is 1. The highest BCUT2D eigenvalue weighted by Gasteiger charge is 2.46. The third-order valence-corrected chi connectivity index (χ3v) is 7.44. The second-order valence-corrected chi connectivity index (χ2v) is 8.84. The quantitative estimate of drug-likeness (QED) is 0.795. The van der Waals surface area contributed by atoms with Gasteiger partial charge in [-0.25, -0.2) is 22.2 Å². The first kappa shape index (κ1) is 17.6. The van der Waals surface area contributed by atoms with E-state index in [9.17, 15) is 17.2 Å². The Balaban J connectivity index is 1.61. The van der Waals surface area contributed by atoms with Crippen molar-refractivity contribution in [3.05, 3.63) is 48.1 Å². The van der Waals surface area contributed by atoms with E-state index < -0.39 is 21.7 Å². The zero-order chi connectivity index (χ0) is 18.5. The second-order valence-electron chi connectivity index (χ2n) is 6.91. The first-order valence-corrected chi connectivity index (χ1v) is 9.96. The van der Waals surface area contributed by atoms with E-state index in [-0.39, 0.29) is 23.5 Å². The molecule has 9 heteroatoms. The fourth-order valence-corrected chi connectivity index (χ4v) is 5.55. The summed E-state index contributed by atoms with van der Waals surface area (Å²) in [7, 11) is -1.90. The van der Waals surface area contributed by atoms with Crippen LogP contribution < -0.4 is 0 Å². The van der Waals surface area contributed by atoms with Crippen LogP contribution in [-0.4, -0.2) is 53.9 Å². The van der Waals surface area contributed by atoms with Crippen LogP contribution in [0.15, 0.2) is 35.5 Å². The van der Waals surface area contributed by atoms with Crippen LogP contribution in [0.25, 0.3) is 0 Å². The summed E-state index contributed by atoms with van der Waals surface area (Å²) in [6.07, 6.45) is 4.88. The predicted molar refractivity (Wildman–Crippen MR) is 90.9 cm³/mol. The van der Waals surface area contributed by atoms with Crippen LogP contribution in [0.5, 0.6) is 0 Å². The van der Waals surface area contributed by atoms with Gasteiger partial charge >= 0.3 is 0 Å². The molecule has 0 atom stereocenters. The van der Waals surface area contributed by atoms with Gasteiger partial charge in [-0.15, -0.1) is 0 Å². The average molecular weight is 382 g/mol. The standard InChI is InChI=1S/C17H20F2N4O2S/c1-21-8-9-22-7-4-20-16(22)17(21)2-5-23(6-3-17)26(24,25)15-11-13(18)10-14(19)12-15/h4,7,10-12H,2-3,5-6,8-9H2,1H3. The van der Waals surface area contributed by atoms with E-state index in [0.717, 1.165) is 31.0 Å². The number of sulfonamides is 1. The molecule has 6 nitrogen and oxygen atoms in total. The number of hydrogen-bond donors (Lipinski definition) is 0. The van der Waals surface area contributed by atoms with Gasteiger partial charge < -0.3 is 4.57 Å². The number of imidazole rings is 1. The minimum Gasteiger partial charge on any atom is -0.332 e. The maximum absolute atomic E-state index is 13.5. The van der Waals surface area contributed by atoms with Gasteiger partial charge in [-0.2, -0.15) is 4.31 Å². The molecule has 0 unspecified atom stereocenters. The minimum atomic E-state index is -3.94. The van der Waals surface area contributed by atoms with E-state index in [1.54, 1.807) is 6.20 Å². The topological polar surface area (TPSA) is 58.4 Å². The summed E-state index contributed by atoms with van der Waals surface area (Å²) in [5.74, 6) is -0.836. The highest BCUT2D eigenvalue weighted by Crippen LogP contribution is 2.40. The molecule has 0 bridgehead atoms. The smallest absolute Gasteiger partial charge is 0.243 e. The van der Waals surface area contributed by atoms with Crippen LogP contribution in [0.1, 0.15) is 18.7 Å². The van der Waals surface area contributed by atoms with Crippen molar-refractivity contribution < 1.29 is 17.2 Å². The molecule has 1 aromatic carbocycles. The number of fused-ring (bicyclic) bond motifs is 2. The van der Waals surface area contributed by atoms with Gasteiger partial charge in [0, 0.05) is 44.6 Å². The Labute approximate surface area is 151 Å². The van der Waals surface area contributed by atoms with Crippen molar-refractivity contribution in [3.8, 4) is 0 Å². The summed E-state index contributed by atoms with van der Waals surface area (Å²) in [4.78, 5) is 6.40. The van der Waals surface area contributed by atoms with Crippen molar-refractivity contribution in [2.45, 2.75) is 29.8 Å². The molecule has 2 aromatic rings. The maximum atomic E-state index is 13.5. The number of likely N-dealkylation sites (N-methyl/N-ethyl adjacent to an activating group) is 1. The summed E-state index contributed by atoms with van der Waals surface area (Å²) < 4.78 is 55.9. The molecule has 2 aliphatic rings. The molecule has 0 saturated carbocycles. The fourth-order valence-electron chi connectivity index (χ4n) is 4.07. The molecule has 1 aromatic heterocycles. The number of piperidine rings is 1.